The summed E-state index contributed by atoms with van der Waals surface area (Å²) in [5, 5.41) is 0. The number of hydrogen-bond donors (Lipinski definition) is 1. The molecule has 2 unspecified atom stereocenters. The predicted molar refractivity (Wildman–Crippen MR) is 113 cm³/mol. The molecule has 1 saturated carbocycles. The lowest BCUT2D eigenvalue weighted by atomic mass is 9.96. The topological polar surface area (TPSA) is 83.7 Å². The zero-order valence-electron chi connectivity index (χ0n) is 16.7. The number of hydrogen-bond acceptors (Lipinski definition) is 4. The number of carbonyl (C=O) groups is 1. The van der Waals surface area contributed by atoms with Crippen LogP contribution < -0.4 is 5.73 Å². The van der Waals surface area contributed by atoms with Crippen LogP contribution in [0.15, 0.2) is 29.2 Å². The van der Waals surface area contributed by atoms with Crippen molar-refractivity contribution in [3.8, 4) is 0 Å². The summed E-state index contributed by atoms with van der Waals surface area (Å²) >= 11 is 0. The summed E-state index contributed by atoms with van der Waals surface area (Å²) in [5.41, 5.74) is 6.27. The molecule has 158 valence electrons. The number of nitrogens with zero attached hydrogens (tertiary/aromatic N) is 2. The molecule has 2 atom stereocenters. The average molecular weight is 430 g/mol. The minimum atomic E-state index is -3.53. The monoisotopic (exact) mass is 429 g/mol. The maximum atomic E-state index is 12.9. The summed E-state index contributed by atoms with van der Waals surface area (Å²) in [5.74, 6) is 0.288. The molecule has 8 heteroatoms. The minimum Gasteiger partial charge on any atom is -0.336 e. The van der Waals surface area contributed by atoms with Crippen molar-refractivity contribution in [2.45, 2.75) is 62.4 Å². The number of halogens is 1. The summed E-state index contributed by atoms with van der Waals surface area (Å²) in [6, 6.07) is 6.61. The van der Waals surface area contributed by atoms with E-state index >= 15 is 0 Å². The van der Waals surface area contributed by atoms with Gasteiger partial charge in [0.15, 0.2) is 0 Å². The maximum Gasteiger partial charge on any atom is 0.254 e. The Bertz CT molecular complexity index is 763. The quantitative estimate of drug-likeness (QED) is 0.779. The first-order valence-electron chi connectivity index (χ1n) is 9.93. The van der Waals surface area contributed by atoms with Crippen molar-refractivity contribution >= 4 is 28.3 Å². The van der Waals surface area contributed by atoms with E-state index < -0.39 is 10.0 Å². The van der Waals surface area contributed by atoms with E-state index in [2.05, 4.69) is 0 Å². The molecule has 1 amide bonds. The smallest absolute Gasteiger partial charge is 0.254 e. The normalized spacial score (nSPS) is 23.6. The molecule has 0 bridgehead atoms. The third-order valence-corrected chi connectivity index (χ3v) is 8.05. The van der Waals surface area contributed by atoms with Crippen molar-refractivity contribution in [2.24, 2.45) is 11.7 Å². The number of benzene rings is 1. The first-order valence-corrected chi connectivity index (χ1v) is 11.4. The molecule has 2 fully saturated rings. The van der Waals surface area contributed by atoms with Gasteiger partial charge >= 0.3 is 0 Å². The average Bonchev–Trinajstić information content (AvgIpc) is 3.08. The number of sulfonamides is 1. The van der Waals surface area contributed by atoms with Gasteiger partial charge in [-0.15, -0.1) is 12.4 Å². The summed E-state index contributed by atoms with van der Waals surface area (Å²) in [6.45, 7) is 3.28. The van der Waals surface area contributed by atoms with E-state index in [-0.39, 0.29) is 35.3 Å². The van der Waals surface area contributed by atoms with Gasteiger partial charge < -0.3 is 10.6 Å². The van der Waals surface area contributed by atoms with Crippen LogP contribution in [-0.4, -0.2) is 55.8 Å². The third kappa shape index (κ3) is 4.70. The molecule has 28 heavy (non-hydrogen) atoms. The SMILES string of the molecule is CC1CC(CN)CN1C(=O)c1ccc(S(=O)(=O)N(C)C2CCCCC2)cc1.Cl. The van der Waals surface area contributed by atoms with E-state index in [0.29, 0.717) is 24.6 Å². The second-order valence-corrected chi connectivity index (χ2v) is 9.98. The van der Waals surface area contributed by atoms with Crippen LogP contribution in [0.4, 0.5) is 0 Å². The second-order valence-electron chi connectivity index (χ2n) is 7.98. The molecule has 1 heterocycles. The highest BCUT2D eigenvalue weighted by molar-refractivity contribution is 7.89. The van der Waals surface area contributed by atoms with Crippen molar-refractivity contribution in [1.82, 2.24) is 9.21 Å². The van der Waals surface area contributed by atoms with Crippen LogP contribution >= 0.6 is 12.4 Å². The molecule has 1 aromatic rings. The van der Waals surface area contributed by atoms with Crippen molar-refractivity contribution < 1.29 is 13.2 Å². The predicted octanol–water partition coefficient (Wildman–Crippen LogP) is 2.87. The standard InChI is InChI=1S/C20H31N3O3S.ClH/c1-15-12-16(13-21)14-23(15)20(24)17-8-10-19(11-9-17)27(25,26)22(2)18-6-4-3-5-7-18;/h8-11,15-16,18H,3-7,12-14,21H2,1-2H3;1H. The fourth-order valence-electron chi connectivity index (χ4n) is 4.34. The van der Waals surface area contributed by atoms with Crippen molar-refractivity contribution in [3.63, 3.8) is 0 Å². The lowest BCUT2D eigenvalue weighted by Crippen LogP contribution is -2.38. The van der Waals surface area contributed by atoms with Gasteiger partial charge in [0.1, 0.15) is 0 Å². The van der Waals surface area contributed by atoms with E-state index in [1.807, 2.05) is 11.8 Å². The fraction of sp³-hybridized carbons (Fsp3) is 0.650. The molecule has 0 spiro atoms. The number of likely N-dealkylation sites (tertiary alicyclic amines) is 1. The van der Waals surface area contributed by atoms with Crippen LogP contribution in [0.2, 0.25) is 0 Å². The first-order chi connectivity index (χ1) is 12.8. The molecule has 2 aliphatic rings. The number of rotatable bonds is 5. The number of carbonyl (C=O) groups excluding carboxylic acids is 1. The van der Waals surface area contributed by atoms with Gasteiger partial charge in [0, 0.05) is 31.2 Å². The second kappa shape index (κ2) is 9.57. The first kappa shape index (κ1) is 23.1. The van der Waals surface area contributed by atoms with Gasteiger partial charge in [-0.3, -0.25) is 4.79 Å². The molecular weight excluding hydrogens is 398 g/mol. The van der Waals surface area contributed by atoms with Crippen molar-refractivity contribution in [1.29, 1.82) is 0 Å². The number of nitrogens with two attached hydrogens (primary N) is 1. The van der Waals surface area contributed by atoms with Gasteiger partial charge in [-0.25, -0.2) is 8.42 Å². The minimum absolute atomic E-state index is 0. The Morgan fingerprint density at radius 1 is 1.18 bits per heavy atom. The molecule has 1 aromatic carbocycles. The fourth-order valence-corrected chi connectivity index (χ4v) is 5.75. The molecule has 3 rings (SSSR count). The van der Waals surface area contributed by atoms with Gasteiger partial charge in [0.25, 0.3) is 5.91 Å². The van der Waals surface area contributed by atoms with Crippen molar-refractivity contribution in [2.75, 3.05) is 20.1 Å². The molecule has 6 nitrogen and oxygen atoms in total. The Hall–Kier alpha value is -1.15. The van der Waals surface area contributed by atoms with Crippen LogP contribution in [0.1, 0.15) is 55.8 Å². The lowest BCUT2D eigenvalue weighted by molar-refractivity contribution is 0.0743. The van der Waals surface area contributed by atoms with Gasteiger partial charge in [0.2, 0.25) is 10.0 Å². The summed E-state index contributed by atoms with van der Waals surface area (Å²) < 4.78 is 27.4. The van der Waals surface area contributed by atoms with Crippen molar-refractivity contribution in [3.05, 3.63) is 29.8 Å². The highest BCUT2D eigenvalue weighted by Crippen LogP contribution is 2.28. The Balaban J connectivity index is 0.00000280. The van der Waals surface area contributed by atoms with Crippen LogP contribution in [0.25, 0.3) is 0 Å². The highest BCUT2D eigenvalue weighted by Gasteiger charge is 2.33. The highest BCUT2D eigenvalue weighted by atomic mass is 35.5. The van der Waals surface area contributed by atoms with E-state index in [4.69, 9.17) is 5.73 Å². The van der Waals surface area contributed by atoms with E-state index in [9.17, 15) is 13.2 Å². The van der Waals surface area contributed by atoms with E-state index in [1.165, 1.54) is 10.7 Å². The molecular formula is C20H32ClN3O3S. The van der Waals surface area contributed by atoms with Crippen LogP contribution in [0.5, 0.6) is 0 Å². The molecule has 1 aliphatic heterocycles. The zero-order chi connectivity index (χ0) is 19.6. The molecule has 0 radical (unpaired) electrons. The van der Waals surface area contributed by atoms with Crippen LogP contribution in [0, 0.1) is 5.92 Å². The van der Waals surface area contributed by atoms with Gasteiger partial charge in [-0.1, -0.05) is 19.3 Å². The molecule has 0 aromatic heterocycles. The Morgan fingerprint density at radius 2 is 1.79 bits per heavy atom. The van der Waals surface area contributed by atoms with Crippen LogP contribution in [-0.2, 0) is 10.0 Å². The Labute approximate surface area is 174 Å². The summed E-state index contributed by atoms with van der Waals surface area (Å²) in [4.78, 5) is 14.9. The van der Waals surface area contributed by atoms with Gasteiger partial charge in [0.05, 0.1) is 4.90 Å². The summed E-state index contributed by atoms with van der Waals surface area (Å²) in [7, 11) is -1.86. The molecule has 1 aliphatic carbocycles. The molecule has 2 N–H and O–H groups in total. The van der Waals surface area contributed by atoms with Gasteiger partial charge in [-0.2, -0.15) is 4.31 Å². The summed E-state index contributed by atoms with van der Waals surface area (Å²) in [6.07, 6.45) is 6.09. The van der Waals surface area contributed by atoms with Gasteiger partial charge in [-0.05, 0) is 62.9 Å². The molecule has 1 saturated heterocycles. The third-order valence-electron chi connectivity index (χ3n) is 6.12. The van der Waals surface area contributed by atoms with Crippen LogP contribution in [0.3, 0.4) is 0 Å². The van der Waals surface area contributed by atoms with E-state index in [0.717, 1.165) is 32.1 Å². The maximum absolute atomic E-state index is 12.9. The Morgan fingerprint density at radius 3 is 2.32 bits per heavy atom. The zero-order valence-corrected chi connectivity index (χ0v) is 18.3. The van der Waals surface area contributed by atoms with E-state index in [1.54, 1.807) is 31.3 Å². The Kier molecular flexibility index (Phi) is 7.90. The number of amides is 1. The largest absolute Gasteiger partial charge is 0.336 e. The lowest BCUT2D eigenvalue weighted by Gasteiger charge is -2.30.